The van der Waals surface area contributed by atoms with E-state index in [0.717, 1.165) is 21.9 Å². The van der Waals surface area contributed by atoms with E-state index in [1.807, 2.05) is 30.3 Å². The molecule has 5 nitrogen and oxygen atoms in total. The standard InChI is InChI=1S/C14H7BrFN5S/c15-9-4-6-10(7-5-9)21-14(18-19-20-21)22-13-3-1-2-12(16)11(13)8-17/h1-7H. The Balaban J connectivity index is 1.99. The molecular formula is C14H7BrFN5S. The molecule has 8 heteroatoms. The van der Waals surface area contributed by atoms with Gasteiger partial charge in [0.05, 0.1) is 5.69 Å². The summed E-state index contributed by atoms with van der Waals surface area (Å²) in [5.41, 5.74) is 0.753. The minimum absolute atomic E-state index is 0.0159. The molecule has 0 radical (unpaired) electrons. The smallest absolute Gasteiger partial charge is 0.206 e. The summed E-state index contributed by atoms with van der Waals surface area (Å²) in [5, 5.41) is 21.0. The van der Waals surface area contributed by atoms with Gasteiger partial charge in [-0.2, -0.15) is 9.94 Å². The van der Waals surface area contributed by atoms with Gasteiger partial charge in [0.1, 0.15) is 17.4 Å². The van der Waals surface area contributed by atoms with Crippen LogP contribution < -0.4 is 0 Å². The highest BCUT2D eigenvalue weighted by Gasteiger charge is 2.14. The van der Waals surface area contributed by atoms with Crippen molar-refractivity contribution in [3.8, 4) is 11.8 Å². The van der Waals surface area contributed by atoms with E-state index in [-0.39, 0.29) is 5.56 Å². The molecule has 0 aliphatic heterocycles. The minimum atomic E-state index is -0.560. The summed E-state index contributed by atoms with van der Waals surface area (Å²) in [6, 6.07) is 13.8. The maximum absolute atomic E-state index is 13.6. The van der Waals surface area contributed by atoms with Gasteiger partial charge in [-0.25, -0.2) is 4.39 Å². The molecule has 0 aliphatic rings. The molecule has 0 amide bonds. The first kappa shape index (κ1) is 14.7. The lowest BCUT2D eigenvalue weighted by Crippen LogP contribution is -1.99. The van der Waals surface area contributed by atoms with Crippen molar-refractivity contribution in [1.29, 1.82) is 5.26 Å². The topological polar surface area (TPSA) is 67.4 Å². The number of halogens is 2. The maximum Gasteiger partial charge on any atom is 0.218 e. The van der Waals surface area contributed by atoms with Crippen LogP contribution in [0.1, 0.15) is 5.56 Å². The minimum Gasteiger partial charge on any atom is -0.206 e. The Morgan fingerprint density at radius 3 is 2.68 bits per heavy atom. The third kappa shape index (κ3) is 2.86. The number of rotatable bonds is 3. The Morgan fingerprint density at radius 2 is 1.95 bits per heavy atom. The average Bonchev–Trinajstić information content (AvgIpc) is 2.96. The molecule has 1 heterocycles. The van der Waals surface area contributed by atoms with Crippen molar-refractivity contribution >= 4 is 27.7 Å². The first-order chi connectivity index (χ1) is 10.7. The van der Waals surface area contributed by atoms with Crippen LogP contribution in [0.25, 0.3) is 5.69 Å². The van der Waals surface area contributed by atoms with E-state index >= 15 is 0 Å². The predicted octanol–water partition coefficient (Wildman–Crippen LogP) is 3.59. The third-order valence-electron chi connectivity index (χ3n) is 2.80. The van der Waals surface area contributed by atoms with Crippen LogP contribution >= 0.6 is 27.7 Å². The Bertz CT molecular complexity index is 856. The van der Waals surface area contributed by atoms with E-state index < -0.39 is 5.82 Å². The molecule has 0 spiro atoms. The third-order valence-corrected chi connectivity index (χ3v) is 4.33. The van der Waals surface area contributed by atoms with Crippen LogP contribution in [-0.2, 0) is 0 Å². The molecule has 3 rings (SSSR count). The fourth-order valence-corrected chi connectivity index (χ4v) is 2.94. The van der Waals surface area contributed by atoms with Gasteiger partial charge in [0.2, 0.25) is 5.16 Å². The number of benzene rings is 2. The zero-order valence-electron chi connectivity index (χ0n) is 10.9. The highest BCUT2D eigenvalue weighted by atomic mass is 79.9. The van der Waals surface area contributed by atoms with Crippen LogP contribution in [0, 0.1) is 17.1 Å². The van der Waals surface area contributed by atoms with Crippen molar-refractivity contribution in [2.24, 2.45) is 0 Å². The van der Waals surface area contributed by atoms with Gasteiger partial charge in [0, 0.05) is 9.37 Å². The summed E-state index contributed by atoms with van der Waals surface area (Å²) in [6.45, 7) is 0. The summed E-state index contributed by atoms with van der Waals surface area (Å²) in [7, 11) is 0. The zero-order chi connectivity index (χ0) is 15.5. The predicted molar refractivity (Wildman–Crippen MR) is 82.1 cm³/mol. The molecule has 2 aromatic carbocycles. The molecule has 22 heavy (non-hydrogen) atoms. The molecule has 0 bridgehead atoms. The lowest BCUT2D eigenvalue weighted by Gasteiger charge is -2.05. The van der Waals surface area contributed by atoms with E-state index in [9.17, 15) is 4.39 Å². The van der Waals surface area contributed by atoms with E-state index in [0.29, 0.717) is 10.1 Å². The normalized spacial score (nSPS) is 10.4. The van der Waals surface area contributed by atoms with E-state index in [1.165, 1.54) is 10.7 Å². The molecule has 0 saturated carbocycles. The summed E-state index contributed by atoms with van der Waals surface area (Å²) < 4.78 is 16.1. The SMILES string of the molecule is N#Cc1c(F)cccc1Sc1nnnn1-c1ccc(Br)cc1. The van der Waals surface area contributed by atoms with Crippen molar-refractivity contribution in [2.45, 2.75) is 10.1 Å². The van der Waals surface area contributed by atoms with E-state index in [4.69, 9.17) is 5.26 Å². The number of aromatic nitrogens is 4. The lowest BCUT2D eigenvalue weighted by atomic mass is 10.2. The average molecular weight is 376 g/mol. The van der Waals surface area contributed by atoms with Crippen molar-refractivity contribution < 1.29 is 4.39 Å². The molecular weight excluding hydrogens is 369 g/mol. The van der Waals surface area contributed by atoms with Crippen LogP contribution in [-0.4, -0.2) is 20.2 Å². The summed E-state index contributed by atoms with van der Waals surface area (Å²) >= 11 is 4.50. The Kier molecular flexibility index (Phi) is 4.18. The molecule has 108 valence electrons. The molecule has 0 saturated heterocycles. The fourth-order valence-electron chi connectivity index (χ4n) is 1.78. The molecule has 0 fully saturated rings. The Labute approximate surface area is 137 Å². The van der Waals surface area contributed by atoms with Gasteiger partial charge in [0.25, 0.3) is 0 Å². The van der Waals surface area contributed by atoms with Crippen LogP contribution in [0.3, 0.4) is 0 Å². The highest BCUT2D eigenvalue weighted by molar-refractivity contribution is 9.10. The first-order valence-corrected chi connectivity index (χ1v) is 7.71. The van der Waals surface area contributed by atoms with Gasteiger partial charge in [-0.05, 0) is 58.6 Å². The van der Waals surface area contributed by atoms with Crippen LogP contribution in [0.15, 0.2) is 57.0 Å². The quantitative estimate of drug-likeness (QED) is 0.699. The summed E-state index contributed by atoms with van der Waals surface area (Å²) in [6.07, 6.45) is 0. The second-order valence-electron chi connectivity index (χ2n) is 4.18. The Hall–Kier alpha value is -2.24. The lowest BCUT2D eigenvalue weighted by molar-refractivity contribution is 0.619. The fraction of sp³-hybridized carbons (Fsp3) is 0. The highest BCUT2D eigenvalue weighted by Crippen LogP contribution is 2.30. The van der Waals surface area contributed by atoms with E-state index in [1.54, 1.807) is 12.1 Å². The van der Waals surface area contributed by atoms with Crippen molar-refractivity contribution in [3.05, 3.63) is 58.3 Å². The van der Waals surface area contributed by atoms with Gasteiger partial charge < -0.3 is 0 Å². The maximum atomic E-state index is 13.6. The van der Waals surface area contributed by atoms with Crippen molar-refractivity contribution in [3.63, 3.8) is 0 Å². The van der Waals surface area contributed by atoms with Crippen molar-refractivity contribution in [2.75, 3.05) is 0 Å². The van der Waals surface area contributed by atoms with Crippen molar-refractivity contribution in [1.82, 2.24) is 20.2 Å². The number of hydrogen-bond donors (Lipinski definition) is 0. The van der Waals surface area contributed by atoms with Gasteiger partial charge in [-0.1, -0.05) is 22.0 Å². The largest absolute Gasteiger partial charge is 0.218 e. The van der Waals surface area contributed by atoms with Gasteiger partial charge in [-0.3, -0.25) is 0 Å². The zero-order valence-corrected chi connectivity index (χ0v) is 13.3. The molecule has 0 aliphatic carbocycles. The van der Waals surface area contributed by atoms with Gasteiger partial charge in [-0.15, -0.1) is 5.10 Å². The monoisotopic (exact) mass is 375 g/mol. The second-order valence-corrected chi connectivity index (χ2v) is 6.10. The van der Waals surface area contributed by atoms with Gasteiger partial charge in [0.15, 0.2) is 0 Å². The van der Waals surface area contributed by atoms with E-state index in [2.05, 4.69) is 31.5 Å². The molecule has 1 aromatic heterocycles. The van der Waals surface area contributed by atoms with Gasteiger partial charge >= 0.3 is 0 Å². The molecule has 0 N–H and O–H groups in total. The molecule has 3 aromatic rings. The molecule has 0 unspecified atom stereocenters. The van der Waals surface area contributed by atoms with Crippen LogP contribution in [0.5, 0.6) is 0 Å². The van der Waals surface area contributed by atoms with Crippen LogP contribution in [0.2, 0.25) is 0 Å². The van der Waals surface area contributed by atoms with Crippen LogP contribution in [0.4, 0.5) is 4.39 Å². The number of tetrazole rings is 1. The number of nitriles is 1. The number of nitrogens with zero attached hydrogens (tertiary/aromatic N) is 5. The Morgan fingerprint density at radius 1 is 1.18 bits per heavy atom. The first-order valence-electron chi connectivity index (χ1n) is 6.10. The summed E-state index contributed by atoms with van der Waals surface area (Å²) in [4.78, 5) is 0.468. The number of hydrogen-bond acceptors (Lipinski definition) is 5. The summed E-state index contributed by atoms with van der Waals surface area (Å²) in [5.74, 6) is -0.560. The molecule has 0 atom stereocenters. The second kappa shape index (κ2) is 6.25.